The highest BCUT2D eigenvalue weighted by Crippen LogP contribution is 2.25. The summed E-state index contributed by atoms with van der Waals surface area (Å²) in [5.74, 6) is -0.208. The Hall–Kier alpha value is -1.10. The first kappa shape index (κ1) is 17.9. The molecule has 0 bridgehead atoms. The molecule has 0 radical (unpaired) electrons. The van der Waals surface area contributed by atoms with Crippen molar-refractivity contribution < 1.29 is 9.59 Å². The molecule has 0 saturated heterocycles. The van der Waals surface area contributed by atoms with E-state index in [9.17, 15) is 9.59 Å². The van der Waals surface area contributed by atoms with Gasteiger partial charge in [0.15, 0.2) is 0 Å². The number of hydrogen-bond donors (Lipinski definition) is 3. The van der Waals surface area contributed by atoms with Crippen LogP contribution in [-0.2, 0) is 9.59 Å². The molecule has 2 amide bonds. The van der Waals surface area contributed by atoms with E-state index in [0.717, 1.165) is 19.3 Å². The molecule has 19 heavy (non-hydrogen) atoms. The van der Waals surface area contributed by atoms with Crippen LogP contribution in [0.25, 0.3) is 0 Å². The summed E-state index contributed by atoms with van der Waals surface area (Å²) in [4.78, 5) is 23.4. The minimum Gasteiger partial charge on any atom is -0.354 e. The molecule has 4 N–H and O–H groups in total. The fourth-order valence-electron chi connectivity index (χ4n) is 1.75. The third kappa shape index (κ3) is 8.59. The molecule has 0 aliphatic heterocycles. The molecule has 5 nitrogen and oxygen atoms in total. The topological polar surface area (TPSA) is 84.2 Å². The van der Waals surface area contributed by atoms with Gasteiger partial charge in [-0.2, -0.15) is 0 Å². The lowest BCUT2D eigenvalue weighted by molar-refractivity contribution is -0.128. The molecule has 0 saturated carbocycles. The Labute approximate surface area is 116 Å². The van der Waals surface area contributed by atoms with Gasteiger partial charge in [0.2, 0.25) is 11.8 Å². The van der Waals surface area contributed by atoms with Crippen molar-refractivity contribution in [2.24, 2.45) is 11.1 Å². The Balaban J connectivity index is 4.00. The van der Waals surface area contributed by atoms with E-state index >= 15 is 0 Å². The summed E-state index contributed by atoms with van der Waals surface area (Å²) in [6.45, 7) is 9.17. The number of nitrogens with two attached hydrogens (primary N) is 1. The molecule has 5 heteroatoms. The molecule has 0 aromatic heterocycles. The molecule has 0 aliphatic carbocycles. The zero-order chi connectivity index (χ0) is 14.9. The number of rotatable bonds is 9. The monoisotopic (exact) mass is 271 g/mol. The van der Waals surface area contributed by atoms with Crippen LogP contribution in [0.15, 0.2) is 0 Å². The highest BCUT2D eigenvalue weighted by Gasteiger charge is 2.20. The first-order chi connectivity index (χ1) is 8.82. The lowest BCUT2D eigenvalue weighted by Crippen LogP contribution is -2.45. The van der Waals surface area contributed by atoms with Crippen molar-refractivity contribution in [3.05, 3.63) is 0 Å². The molecule has 0 spiro atoms. The highest BCUT2D eigenvalue weighted by molar-refractivity contribution is 5.87. The van der Waals surface area contributed by atoms with Crippen molar-refractivity contribution in [1.82, 2.24) is 10.6 Å². The van der Waals surface area contributed by atoms with Crippen LogP contribution in [0.2, 0.25) is 0 Å². The Morgan fingerprint density at radius 1 is 1.26 bits per heavy atom. The number of hydrogen-bond acceptors (Lipinski definition) is 3. The van der Waals surface area contributed by atoms with Gasteiger partial charge >= 0.3 is 0 Å². The third-order valence-corrected chi connectivity index (χ3v) is 3.17. The van der Waals surface area contributed by atoms with E-state index in [1.807, 2.05) is 6.92 Å². The standard InChI is InChI=1S/C14H29N3O2/c1-5-10-16-13(19)11(2)17-12(18)6-7-14(3,4)8-9-15/h11H,5-10,15H2,1-4H3,(H,16,19)(H,17,18). The minimum absolute atomic E-state index is 0.0692. The normalized spacial score (nSPS) is 12.9. The van der Waals surface area contributed by atoms with E-state index in [2.05, 4.69) is 24.5 Å². The molecule has 1 atom stereocenters. The molecule has 0 aromatic carbocycles. The van der Waals surface area contributed by atoms with Gasteiger partial charge in [-0.15, -0.1) is 0 Å². The van der Waals surface area contributed by atoms with Gasteiger partial charge in [0, 0.05) is 13.0 Å². The maximum atomic E-state index is 11.8. The zero-order valence-electron chi connectivity index (χ0n) is 12.7. The molecular formula is C14H29N3O2. The van der Waals surface area contributed by atoms with Gasteiger partial charge in [-0.1, -0.05) is 20.8 Å². The quantitative estimate of drug-likeness (QED) is 0.588. The fraction of sp³-hybridized carbons (Fsp3) is 0.857. The van der Waals surface area contributed by atoms with E-state index in [1.165, 1.54) is 0 Å². The van der Waals surface area contributed by atoms with Crippen LogP contribution in [0.1, 0.15) is 53.4 Å². The summed E-state index contributed by atoms with van der Waals surface area (Å²) in [5.41, 5.74) is 5.60. The molecule has 1 unspecified atom stereocenters. The van der Waals surface area contributed by atoms with Crippen molar-refractivity contribution in [3.8, 4) is 0 Å². The second kappa shape index (κ2) is 8.91. The summed E-state index contributed by atoms with van der Waals surface area (Å²) in [6, 6.07) is -0.475. The Bertz CT molecular complexity index is 290. The SMILES string of the molecule is CCCNC(=O)C(C)NC(=O)CCC(C)(C)CCN. The van der Waals surface area contributed by atoms with E-state index in [-0.39, 0.29) is 17.2 Å². The Kier molecular flexibility index (Phi) is 8.39. The summed E-state index contributed by atoms with van der Waals surface area (Å²) < 4.78 is 0. The van der Waals surface area contributed by atoms with Gasteiger partial charge in [0.25, 0.3) is 0 Å². The first-order valence-corrected chi connectivity index (χ1v) is 7.09. The van der Waals surface area contributed by atoms with Crippen LogP contribution in [0.3, 0.4) is 0 Å². The van der Waals surface area contributed by atoms with Crippen LogP contribution in [0.4, 0.5) is 0 Å². The third-order valence-electron chi connectivity index (χ3n) is 3.17. The number of carbonyl (C=O) groups excluding carboxylic acids is 2. The van der Waals surface area contributed by atoms with Crippen LogP contribution >= 0.6 is 0 Å². The largest absolute Gasteiger partial charge is 0.354 e. The maximum Gasteiger partial charge on any atom is 0.242 e. The van der Waals surface area contributed by atoms with Gasteiger partial charge in [-0.05, 0) is 38.1 Å². The van der Waals surface area contributed by atoms with Crippen molar-refractivity contribution in [2.45, 2.75) is 59.4 Å². The van der Waals surface area contributed by atoms with E-state index in [4.69, 9.17) is 5.73 Å². The number of nitrogens with one attached hydrogen (secondary N) is 2. The summed E-state index contributed by atoms with van der Waals surface area (Å²) in [5, 5.41) is 5.48. The predicted molar refractivity (Wildman–Crippen MR) is 77.6 cm³/mol. The second-order valence-corrected chi connectivity index (χ2v) is 5.78. The van der Waals surface area contributed by atoms with Gasteiger partial charge in [0.05, 0.1) is 0 Å². The Morgan fingerprint density at radius 3 is 2.42 bits per heavy atom. The lowest BCUT2D eigenvalue weighted by Gasteiger charge is -2.23. The van der Waals surface area contributed by atoms with Crippen molar-refractivity contribution in [1.29, 1.82) is 0 Å². The van der Waals surface area contributed by atoms with E-state index in [1.54, 1.807) is 6.92 Å². The molecule has 0 heterocycles. The predicted octanol–water partition coefficient (Wildman–Crippen LogP) is 1.17. The molecule has 112 valence electrons. The summed E-state index contributed by atoms with van der Waals surface area (Å²) in [6.07, 6.45) is 2.99. The van der Waals surface area contributed by atoms with Gasteiger partial charge < -0.3 is 16.4 Å². The van der Waals surface area contributed by atoms with Gasteiger partial charge in [-0.3, -0.25) is 9.59 Å². The van der Waals surface area contributed by atoms with Crippen LogP contribution < -0.4 is 16.4 Å². The van der Waals surface area contributed by atoms with Crippen molar-refractivity contribution in [2.75, 3.05) is 13.1 Å². The van der Waals surface area contributed by atoms with Gasteiger partial charge in [0.1, 0.15) is 6.04 Å². The number of carbonyl (C=O) groups is 2. The molecule has 0 fully saturated rings. The van der Waals surface area contributed by atoms with Crippen LogP contribution in [0, 0.1) is 5.41 Å². The average molecular weight is 271 g/mol. The van der Waals surface area contributed by atoms with E-state index in [0.29, 0.717) is 19.5 Å². The van der Waals surface area contributed by atoms with E-state index < -0.39 is 6.04 Å². The van der Waals surface area contributed by atoms with Crippen molar-refractivity contribution >= 4 is 11.8 Å². The minimum atomic E-state index is -0.475. The van der Waals surface area contributed by atoms with Crippen molar-refractivity contribution in [3.63, 3.8) is 0 Å². The molecular weight excluding hydrogens is 242 g/mol. The first-order valence-electron chi connectivity index (χ1n) is 7.09. The Morgan fingerprint density at radius 2 is 1.89 bits per heavy atom. The molecule has 0 aliphatic rings. The fourth-order valence-corrected chi connectivity index (χ4v) is 1.75. The van der Waals surface area contributed by atoms with Gasteiger partial charge in [-0.25, -0.2) is 0 Å². The molecule has 0 aromatic rings. The second-order valence-electron chi connectivity index (χ2n) is 5.78. The maximum absolute atomic E-state index is 11.8. The summed E-state index contributed by atoms with van der Waals surface area (Å²) >= 11 is 0. The summed E-state index contributed by atoms with van der Waals surface area (Å²) in [7, 11) is 0. The van der Waals surface area contributed by atoms with Crippen LogP contribution in [-0.4, -0.2) is 30.9 Å². The molecule has 0 rings (SSSR count). The lowest BCUT2D eigenvalue weighted by atomic mass is 9.84. The zero-order valence-corrected chi connectivity index (χ0v) is 12.7. The highest BCUT2D eigenvalue weighted by atomic mass is 16.2. The number of amides is 2. The average Bonchev–Trinajstić information content (AvgIpc) is 2.33. The smallest absolute Gasteiger partial charge is 0.242 e. The van der Waals surface area contributed by atoms with Crippen LogP contribution in [0.5, 0.6) is 0 Å².